The Morgan fingerprint density at radius 3 is 2.71 bits per heavy atom. The van der Waals surface area contributed by atoms with Crippen molar-refractivity contribution in [1.29, 1.82) is 0 Å². The van der Waals surface area contributed by atoms with Gasteiger partial charge >= 0.3 is 0 Å². The second kappa shape index (κ2) is 6.28. The van der Waals surface area contributed by atoms with E-state index < -0.39 is 16.2 Å². The van der Waals surface area contributed by atoms with E-state index >= 15 is 0 Å². The maximum absolute atomic E-state index is 12.9. The molecule has 1 aromatic carbocycles. The van der Waals surface area contributed by atoms with Crippen LogP contribution < -0.4 is 0 Å². The van der Waals surface area contributed by atoms with Crippen molar-refractivity contribution < 1.29 is 14.7 Å². The van der Waals surface area contributed by atoms with E-state index in [1.807, 2.05) is 6.08 Å². The summed E-state index contributed by atoms with van der Waals surface area (Å²) in [6.45, 7) is 3.83. The molecule has 6 heteroatoms. The van der Waals surface area contributed by atoms with Crippen LogP contribution in [0.1, 0.15) is 17.9 Å². The number of halogens is 3. The highest BCUT2D eigenvalue weighted by Crippen LogP contribution is 2.55. The Morgan fingerprint density at radius 1 is 1.38 bits per heavy atom. The Kier molecular flexibility index (Phi) is 4.62. The maximum atomic E-state index is 12.9. The number of fused-ring (bicyclic) bond motifs is 1. The number of allylic oxidation sites excluding steroid dienone is 5. The van der Waals surface area contributed by atoms with Crippen LogP contribution in [0.15, 0.2) is 53.1 Å². The van der Waals surface area contributed by atoms with Crippen molar-refractivity contribution in [2.75, 3.05) is 0 Å². The molecule has 0 unspecified atom stereocenters. The molecule has 0 bridgehead atoms. The quantitative estimate of drug-likeness (QED) is 0.628. The molecule has 24 heavy (non-hydrogen) atoms. The van der Waals surface area contributed by atoms with Crippen molar-refractivity contribution in [2.24, 2.45) is 5.92 Å². The molecule has 0 radical (unpaired) electrons. The number of aromatic hydroxyl groups is 1. The number of Topliss-reactive ketones (excluding diaryl/α,β-unsaturated/α-hetero) is 1. The van der Waals surface area contributed by atoms with Crippen LogP contribution in [0.2, 0.25) is 5.02 Å². The third-order valence-corrected chi connectivity index (χ3v) is 6.92. The highest BCUT2D eigenvalue weighted by atomic mass is 79.9. The minimum atomic E-state index is -1.12. The largest absolute Gasteiger partial charge is 0.508 e. The fourth-order valence-electron chi connectivity index (χ4n) is 3.42. The van der Waals surface area contributed by atoms with E-state index in [1.54, 1.807) is 12.1 Å². The number of carbonyl (C=O) groups excluding carboxylic acids is 2. The Hall–Kier alpha value is -1.17. The van der Waals surface area contributed by atoms with E-state index in [0.717, 1.165) is 5.57 Å². The summed E-state index contributed by atoms with van der Waals surface area (Å²) in [5.74, 6) is -1.29. The second-order valence-electron chi connectivity index (χ2n) is 5.82. The number of benzene rings is 1. The predicted molar refractivity (Wildman–Crippen MR) is 101 cm³/mol. The fraction of sp³-hybridized carbons (Fsp3) is 0.222. The molecule has 124 valence electrons. The fourth-order valence-corrected chi connectivity index (χ4v) is 5.21. The first kappa shape index (κ1) is 17.6. The van der Waals surface area contributed by atoms with Crippen LogP contribution in [-0.4, -0.2) is 21.0 Å². The number of hydrogen-bond acceptors (Lipinski definition) is 3. The molecule has 1 N–H and O–H groups in total. The van der Waals surface area contributed by atoms with E-state index in [-0.39, 0.29) is 17.3 Å². The van der Waals surface area contributed by atoms with E-state index in [1.165, 1.54) is 18.2 Å². The summed E-state index contributed by atoms with van der Waals surface area (Å²) in [7, 11) is 0. The van der Waals surface area contributed by atoms with Crippen LogP contribution in [0.5, 0.6) is 5.75 Å². The van der Waals surface area contributed by atoms with Gasteiger partial charge in [0.1, 0.15) is 10.1 Å². The molecule has 1 aromatic rings. The van der Waals surface area contributed by atoms with E-state index in [0.29, 0.717) is 21.5 Å². The van der Waals surface area contributed by atoms with Crippen LogP contribution in [-0.2, 0) is 9.59 Å². The molecule has 0 aromatic heterocycles. The van der Waals surface area contributed by atoms with Crippen molar-refractivity contribution in [1.82, 2.24) is 0 Å². The van der Waals surface area contributed by atoms with E-state index in [9.17, 15) is 14.7 Å². The lowest BCUT2D eigenvalue weighted by Crippen LogP contribution is -2.52. The van der Waals surface area contributed by atoms with Gasteiger partial charge in [-0.25, -0.2) is 0 Å². The molecule has 0 amide bonds. The molecule has 0 spiro atoms. The lowest BCUT2D eigenvalue weighted by atomic mass is 9.64. The van der Waals surface area contributed by atoms with Crippen molar-refractivity contribution in [3.63, 3.8) is 0 Å². The molecule has 3 nitrogen and oxygen atoms in total. The number of hydrogen-bond donors (Lipinski definition) is 1. The molecule has 3 rings (SSSR count). The molecule has 0 aliphatic heterocycles. The average Bonchev–Trinajstić information content (AvgIpc) is 2.53. The molecule has 2 aliphatic rings. The normalized spacial score (nSPS) is 29.6. The monoisotopic (exact) mass is 470 g/mol. The van der Waals surface area contributed by atoms with Gasteiger partial charge in [0.15, 0.2) is 11.6 Å². The van der Waals surface area contributed by atoms with Gasteiger partial charge in [-0.3, -0.25) is 9.59 Å². The summed E-state index contributed by atoms with van der Waals surface area (Å²) < 4.78 is -0.834. The Labute approximate surface area is 161 Å². The van der Waals surface area contributed by atoms with E-state index in [4.69, 9.17) is 11.6 Å². The number of ketones is 2. The minimum absolute atomic E-state index is 0.0394. The first-order valence-electron chi connectivity index (χ1n) is 7.26. The molecular weight excluding hydrogens is 459 g/mol. The molecular formula is C18H13Br2ClO3. The number of carbonyl (C=O) groups is 2. The zero-order valence-electron chi connectivity index (χ0n) is 12.4. The average molecular weight is 473 g/mol. The minimum Gasteiger partial charge on any atom is -0.508 e. The first-order valence-corrected chi connectivity index (χ1v) is 9.22. The zero-order valence-corrected chi connectivity index (χ0v) is 16.4. The number of alkyl halides is 1. The van der Waals surface area contributed by atoms with Gasteiger partial charge in [-0.15, -0.1) is 0 Å². The summed E-state index contributed by atoms with van der Waals surface area (Å²) in [5, 5.41) is 9.95. The highest BCUT2D eigenvalue weighted by molar-refractivity contribution is 9.12. The third kappa shape index (κ3) is 2.54. The second-order valence-corrected chi connectivity index (χ2v) is 8.40. The summed E-state index contributed by atoms with van der Waals surface area (Å²) in [6, 6.07) is 4.62. The van der Waals surface area contributed by atoms with Crippen LogP contribution in [0.25, 0.3) is 0 Å². The topological polar surface area (TPSA) is 54.4 Å². The summed E-state index contributed by atoms with van der Waals surface area (Å²) in [5.41, 5.74) is 1.48. The van der Waals surface area contributed by atoms with Crippen molar-refractivity contribution in [3.8, 4) is 5.75 Å². The third-order valence-electron chi connectivity index (χ3n) is 4.57. The van der Waals surface area contributed by atoms with Gasteiger partial charge in [0.25, 0.3) is 0 Å². The molecule has 0 saturated heterocycles. The SMILES string of the molecule is C=CC1=CC[C@H]2C(=O)C(Br)=CC(=O)[C@@]2(Br)[C@H]1c1ccc(O)cc1Cl. The highest BCUT2D eigenvalue weighted by Gasteiger charge is 2.57. The van der Waals surface area contributed by atoms with Crippen molar-refractivity contribution in [3.05, 3.63) is 63.6 Å². The smallest absolute Gasteiger partial charge is 0.175 e. The van der Waals surface area contributed by atoms with Crippen molar-refractivity contribution in [2.45, 2.75) is 16.7 Å². The lowest BCUT2D eigenvalue weighted by molar-refractivity contribution is -0.127. The van der Waals surface area contributed by atoms with Gasteiger partial charge < -0.3 is 5.11 Å². The molecule has 0 heterocycles. The van der Waals surface area contributed by atoms with Gasteiger partial charge in [0.05, 0.1) is 10.4 Å². The Balaban J connectivity index is 2.26. The van der Waals surface area contributed by atoms with Crippen LogP contribution in [0.3, 0.4) is 0 Å². The van der Waals surface area contributed by atoms with Gasteiger partial charge in [-0.2, -0.15) is 0 Å². The summed E-state index contributed by atoms with van der Waals surface area (Å²) in [4.78, 5) is 25.5. The number of phenolic OH excluding ortho intramolecular Hbond substituents is 1. The zero-order chi connectivity index (χ0) is 17.6. The summed E-state index contributed by atoms with van der Waals surface area (Å²) in [6.07, 6.45) is 5.35. The van der Waals surface area contributed by atoms with Crippen molar-refractivity contribution >= 4 is 55.0 Å². The number of rotatable bonds is 2. The predicted octanol–water partition coefficient (Wildman–Crippen LogP) is 4.83. The van der Waals surface area contributed by atoms with E-state index in [2.05, 4.69) is 38.4 Å². The Morgan fingerprint density at radius 2 is 2.08 bits per heavy atom. The van der Waals surface area contributed by atoms with Gasteiger partial charge in [-0.05, 0) is 45.6 Å². The lowest BCUT2D eigenvalue weighted by Gasteiger charge is -2.45. The van der Waals surface area contributed by atoms with Gasteiger partial charge in [-0.1, -0.05) is 52.3 Å². The Bertz CT molecular complexity index is 828. The summed E-state index contributed by atoms with van der Waals surface area (Å²) >= 11 is 13.1. The number of phenols is 1. The van der Waals surface area contributed by atoms with Gasteiger partial charge in [0.2, 0.25) is 0 Å². The van der Waals surface area contributed by atoms with Crippen LogP contribution >= 0.6 is 43.5 Å². The molecule has 3 atom stereocenters. The van der Waals surface area contributed by atoms with Crippen LogP contribution in [0.4, 0.5) is 0 Å². The molecule has 0 fully saturated rings. The first-order chi connectivity index (χ1) is 11.3. The van der Waals surface area contributed by atoms with Crippen LogP contribution in [0, 0.1) is 5.92 Å². The standard InChI is InChI=1S/C18H13Br2ClO3/c1-2-9-3-6-12-17(24)13(19)8-15(23)18(12,20)16(9)11-5-4-10(22)7-14(11)21/h2-5,7-8,12,16,22H,1,6H2/t12-,16+,18+/m0/s1. The van der Waals surface area contributed by atoms with Gasteiger partial charge in [0, 0.05) is 17.0 Å². The molecule has 0 saturated carbocycles. The molecule has 2 aliphatic carbocycles. The maximum Gasteiger partial charge on any atom is 0.175 e.